The molecule has 0 aliphatic heterocycles. The largest absolute Gasteiger partial charge is 0.380 e. The van der Waals surface area contributed by atoms with E-state index in [0.717, 1.165) is 6.42 Å². The van der Waals surface area contributed by atoms with Crippen LogP contribution in [0.5, 0.6) is 0 Å². The van der Waals surface area contributed by atoms with Crippen LogP contribution in [0.15, 0.2) is 0 Å². The van der Waals surface area contributed by atoms with Gasteiger partial charge >= 0.3 is 0 Å². The summed E-state index contributed by atoms with van der Waals surface area (Å²) < 4.78 is 5.52. The molecule has 0 heterocycles. The van der Waals surface area contributed by atoms with Crippen molar-refractivity contribution in [3.63, 3.8) is 0 Å². The van der Waals surface area contributed by atoms with Gasteiger partial charge in [0.15, 0.2) is 0 Å². The molecule has 2 heteroatoms. The standard InChI is InChI=1S/C11H23NO/c1-3-10(12)11(13-2)9-7-5-4-6-8-9/h9-11H,3-8,12H2,1-2H3. The van der Waals surface area contributed by atoms with Gasteiger partial charge in [0.2, 0.25) is 0 Å². The van der Waals surface area contributed by atoms with Crippen LogP contribution in [0, 0.1) is 5.92 Å². The molecule has 1 aliphatic rings. The van der Waals surface area contributed by atoms with Crippen LogP contribution in [-0.4, -0.2) is 19.3 Å². The molecule has 13 heavy (non-hydrogen) atoms. The Morgan fingerprint density at radius 3 is 2.38 bits per heavy atom. The van der Waals surface area contributed by atoms with Gasteiger partial charge in [0.25, 0.3) is 0 Å². The average molecular weight is 185 g/mol. The number of methoxy groups -OCH3 is 1. The average Bonchev–Trinajstić information content (AvgIpc) is 2.20. The highest BCUT2D eigenvalue weighted by Gasteiger charge is 2.27. The maximum Gasteiger partial charge on any atom is 0.0750 e. The van der Waals surface area contributed by atoms with Crippen LogP contribution >= 0.6 is 0 Å². The van der Waals surface area contributed by atoms with Gasteiger partial charge in [-0.15, -0.1) is 0 Å². The van der Waals surface area contributed by atoms with Gasteiger partial charge in [-0.05, 0) is 25.2 Å². The number of hydrogen-bond acceptors (Lipinski definition) is 2. The smallest absolute Gasteiger partial charge is 0.0750 e. The summed E-state index contributed by atoms with van der Waals surface area (Å²) >= 11 is 0. The topological polar surface area (TPSA) is 35.2 Å². The van der Waals surface area contributed by atoms with Crippen molar-refractivity contribution in [1.29, 1.82) is 0 Å². The lowest BCUT2D eigenvalue weighted by Crippen LogP contribution is -2.41. The van der Waals surface area contributed by atoms with Crippen LogP contribution in [0.1, 0.15) is 45.4 Å². The molecule has 0 aromatic heterocycles. The molecule has 2 unspecified atom stereocenters. The van der Waals surface area contributed by atoms with Gasteiger partial charge in [-0.1, -0.05) is 26.2 Å². The summed E-state index contributed by atoms with van der Waals surface area (Å²) in [5, 5.41) is 0. The summed E-state index contributed by atoms with van der Waals surface area (Å²) in [5.74, 6) is 0.716. The van der Waals surface area contributed by atoms with E-state index in [1.165, 1.54) is 32.1 Å². The normalized spacial score (nSPS) is 24.2. The minimum absolute atomic E-state index is 0.230. The first-order valence-electron chi connectivity index (χ1n) is 5.58. The third-order valence-corrected chi connectivity index (χ3v) is 3.28. The highest BCUT2D eigenvalue weighted by Crippen LogP contribution is 2.29. The summed E-state index contributed by atoms with van der Waals surface area (Å²) in [6.45, 7) is 2.14. The van der Waals surface area contributed by atoms with Crippen molar-refractivity contribution in [3.05, 3.63) is 0 Å². The van der Waals surface area contributed by atoms with Gasteiger partial charge < -0.3 is 10.5 Å². The Hall–Kier alpha value is -0.0800. The second-order valence-electron chi connectivity index (χ2n) is 4.17. The number of hydrogen-bond donors (Lipinski definition) is 1. The fraction of sp³-hybridized carbons (Fsp3) is 1.00. The Morgan fingerprint density at radius 2 is 1.92 bits per heavy atom. The predicted octanol–water partition coefficient (Wildman–Crippen LogP) is 2.32. The summed E-state index contributed by atoms with van der Waals surface area (Å²) in [6, 6.07) is 0.230. The second-order valence-corrected chi connectivity index (χ2v) is 4.17. The van der Waals surface area contributed by atoms with Crippen LogP contribution < -0.4 is 5.73 Å². The maximum absolute atomic E-state index is 6.03. The van der Waals surface area contributed by atoms with E-state index < -0.39 is 0 Å². The maximum atomic E-state index is 6.03. The predicted molar refractivity (Wildman–Crippen MR) is 55.6 cm³/mol. The van der Waals surface area contributed by atoms with Gasteiger partial charge in [-0.25, -0.2) is 0 Å². The molecule has 2 nitrogen and oxygen atoms in total. The zero-order valence-electron chi connectivity index (χ0n) is 8.96. The molecule has 0 amide bonds. The van der Waals surface area contributed by atoms with E-state index in [1.807, 2.05) is 0 Å². The fourth-order valence-electron chi connectivity index (χ4n) is 2.41. The molecule has 1 aliphatic carbocycles. The molecule has 0 aromatic carbocycles. The first-order valence-corrected chi connectivity index (χ1v) is 5.58. The lowest BCUT2D eigenvalue weighted by Gasteiger charge is -2.32. The third-order valence-electron chi connectivity index (χ3n) is 3.28. The van der Waals surface area contributed by atoms with E-state index in [9.17, 15) is 0 Å². The van der Waals surface area contributed by atoms with Gasteiger partial charge in [0.05, 0.1) is 6.10 Å². The van der Waals surface area contributed by atoms with Crippen molar-refractivity contribution in [2.75, 3.05) is 7.11 Å². The Morgan fingerprint density at radius 1 is 1.31 bits per heavy atom. The molecule has 0 spiro atoms. The summed E-state index contributed by atoms with van der Waals surface area (Å²) in [5.41, 5.74) is 6.03. The molecule has 1 saturated carbocycles. The van der Waals surface area contributed by atoms with Crippen molar-refractivity contribution in [3.8, 4) is 0 Å². The highest BCUT2D eigenvalue weighted by molar-refractivity contribution is 4.81. The van der Waals surface area contributed by atoms with Gasteiger partial charge in [0, 0.05) is 13.2 Å². The Balaban J connectivity index is 2.43. The van der Waals surface area contributed by atoms with E-state index in [1.54, 1.807) is 7.11 Å². The van der Waals surface area contributed by atoms with Gasteiger partial charge in [-0.3, -0.25) is 0 Å². The highest BCUT2D eigenvalue weighted by atomic mass is 16.5. The molecule has 1 rings (SSSR count). The zero-order chi connectivity index (χ0) is 9.68. The molecule has 0 saturated heterocycles. The van der Waals surface area contributed by atoms with Crippen LogP contribution in [-0.2, 0) is 4.74 Å². The summed E-state index contributed by atoms with van der Waals surface area (Å²) in [4.78, 5) is 0. The molecular formula is C11H23NO. The molecule has 1 fully saturated rings. The first kappa shape index (κ1) is 11.0. The van der Waals surface area contributed by atoms with Gasteiger partial charge in [-0.2, -0.15) is 0 Å². The lowest BCUT2D eigenvalue weighted by atomic mass is 9.82. The van der Waals surface area contributed by atoms with Gasteiger partial charge in [0.1, 0.15) is 0 Å². The SMILES string of the molecule is CCC(N)C(OC)C1CCCCC1. The van der Waals surface area contributed by atoms with E-state index in [4.69, 9.17) is 10.5 Å². The molecule has 0 aromatic rings. The number of ether oxygens (including phenoxy) is 1. The van der Waals surface area contributed by atoms with Crippen LogP contribution in [0.3, 0.4) is 0 Å². The van der Waals surface area contributed by atoms with E-state index in [2.05, 4.69) is 6.92 Å². The monoisotopic (exact) mass is 185 g/mol. The fourth-order valence-corrected chi connectivity index (χ4v) is 2.41. The third kappa shape index (κ3) is 2.96. The zero-order valence-corrected chi connectivity index (χ0v) is 8.96. The number of rotatable bonds is 4. The van der Waals surface area contributed by atoms with Crippen molar-refractivity contribution in [2.24, 2.45) is 11.7 Å². The van der Waals surface area contributed by atoms with Crippen molar-refractivity contribution in [1.82, 2.24) is 0 Å². The summed E-state index contributed by atoms with van der Waals surface area (Å²) in [7, 11) is 1.80. The van der Waals surface area contributed by atoms with E-state index in [-0.39, 0.29) is 6.04 Å². The molecule has 2 atom stereocenters. The van der Waals surface area contributed by atoms with Crippen molar-refractivity contribution in [2.45, 2.75) is 57.6 Å². The Kier molecular flexibility index (Phi) is 4.74. The van der Waals surface area contributed by atoms with Crippen LogP contribution in [0.25, 0.3) is 0 Å². The molecule has 78 valence electrons. The lowest BCUT2D eigenvalue weighted by molar-refractivity contribution is 0.0170. The first-order chi connectivity index (χ1) is 6.29. The molecule has 0 bridgehead atoms. The van der Waals surface area contributed by atoms with Crippen molar-refractivity contribution >= 4 is 0 Å². The molecule has 2 N–H and O–H groups in total. The van der Waals surface area contributed by atoms with E-state index in [0.29, 0.717) is 12.0 Å². The Bertz CT molecular complexity index is 132. The van der Waals surface area contributed by atoms with E-state index >= 15 is 0 Å². The second kappa shape index (κ2) is 5.61. The summed E-state index contributed by atoms with van der Waals surface area (Å²) in [6.07, 6.45) is 8.06. The number of nitrogens with two attached hydrogens (primary N) is 1. The molecule has 0 radical (unpaired) electrons. The minimum Gasteiger partial charge on any atom is -0.380 e. The quantitative estimate of drug-likeness (QED) is 0.729. The van der Waals surface area contributed by atoms with Crippen molar-refractivity contribution < 1.29 is 4.74 Å². The minimum atomic E-state index is 0.230. The molecular weight excluding hydrogens is 162 g/mol. The van der Waals surface area contributed by atoms with Crippen LogP contribution in [0.4, 0.5) is 0 Å². The Labute approximate surface area is 81.8 Å². The van der Waals surface area contributed by atoms with Crippen LogP contribution in [0.2, 0.25) is 0 Å².